The Morgan fingerprint density at radius 1 is 1.35 bits per heavy atom. The second-order valence-electron chi connectivity index (χ2n) is 3.78. The van der Waals surface area contributed by atoms with E-state index in [1.807, 2.05) is 0 Å². The van der Waals surface area contributed by atoms with Crippen LogP contribution < -0.4 is 10.6 Å². The Kier molecular flexibility index (Phi) is 3.60. The summed E-state index contributed by atoms with van der Waals surface area (Å²) in [6, 6.07) is 2.31. The summed E-state index contributed by atoms with van der Waals surface area (Å²) >= 11 is 0. The number of halogens is 1. The van der Waals surface area contributed by atoms with Crippen molar-refractivity contribution in [1.82, 2.24) is 14.8 Å². The second-order valence-corrected chi connectivity index (χ2v) is 3.78. The number of carbonyl (C=O) groups excluding carboxylic acids is 1. The molecular weight excluding hydrogens is 269 g/mol. The quantitative estimate of drug-likeness (QED) is 0.784. The monoisotopic (exact) mass is 279 g/mol. The topological polar surface area (TPSA) is 109 Å². The van der Waals surface area contributed by atoms with Crippen molar-refractivity contribution in [2.75, 3.05) is 10.6 Å². The molecule has 2 aromatic rings. The number of nitrogens with zero attached hydrogens (tertiary/aromatic N) is 3. The van der Waals surface area contributed by atoms with E-state index in [1.54, 1.807) is 7.05 Å². The van der Waals surface area contributed by atoms with Gasteiger partial charge in [0, 0.05) is 7.05 Å². The first-order chi connectivity index (χ1) is 9.47. The van der Waals surface area contributed by atoms with E-state index >= 15 is 0 Å². The van der Waals surface area contributed by atoms with Gasteiger partial charge in [0.2, 0.25) is 5.95 Å². The molecule has 2 rings (SSSR count). The zero-order valence-corrected chi connectivity index (χ0v) is 10.3. The summed E-state index contributed by atoms with van der Waals surface area (Å²) in [5, 5.41) is 17.4. The van der Waals surface area contributed by atoms with Gasteiger partial charge in [0.1, 0.15) is 12.1 Å². The maximum atomic E-state index is 13.0. The number of aryl methyl sites for hydroxylation is 1. The number of amides is 2. The molecule has 2 amide bonds. The Hall–Kier alpha value is -2.97. The standard InChI is InChI=1S/C11H10FN5O3/c1-17-10(13-5-14-17)16-11(20)15-8-3-2-6(12)4-7(8)9(18)19/h2-5H,1H3,(H,18,19)(H2,13,14,15,16,20). The van der Waals surface area contributed by atoms with Crippen LogP contribution in [0.15, 0.2) is 24.5 Å². The summed E-state index contributed by atoms with van der Waals surface area (Å²) in [7, 11) is 1.57. The minimum atomic E-state index is -1.35. The molecule has 3 N–H and O–H groups in total. The van der Waals surface area contributed by atoms with Gasteiger partial charge >= 0.3 is 12.0 Å². The lowest BCUT2D eigenvalue weighted by molar-refractivity contribution is 0.0697. The number of carboxylic acids is 1. The number of carbonyl (C=O) groups is 2. The van der Waals surface area contributed by atoms with Crippen LogP contribution in [0, 0.1) is 5.82 Å². The van der Waals surface area contributed by atoms with E-state index in [4.69, 9.17) is 5.11 Å². The fourth-order valence-electron chi connectivity index (χ4n) is 1.47. The SMILES string of the molecule is Cn1ncnc1NC(=O)Nc1ccc(F)cc1C(=O)O. The first-order valence-corrected chi connectivity index (χ1v) is 5.42. The fraction of sp³-hybridized carbons (Fsp3) is 0.0909. The third kappa shape index (κ3) is 2.88. The highest BCUT2D eigenvalue weighted by molar-refractivity contribution is 6.04. The zero-order valence-electron chi connectivity index (χ0n) is 10.3. The molecule has 1 aromatic heterocycles. The van der Waals surface area contributed by atoms with E-state index < -0.39 is 17.8 Å². The highest BCUT2D eigenvalue weighted by Crippen LogP contribution is 2.17. The van der Waals surface area contributed by atoms with Gasteiger partial charge in [-0.05, 0) is 18.2 Å². The van der Waals surface area contributed by atoms with Crippen LogP contribution in [0.2, 0.25) is 0 Å². The first-order valence-electron chi connectivity index (χ1n) is 5.42. The lowest BCUT2D eigenvalue weighted by atomic mass is 10.2. The molecule has 0 fully saturated rings. The van der Waals surface area contributed by atoms with Crippen LogP contribution in [0.3, 0.4) is 0 Å². The molecule has 0 bridgehead atoms. The molecule has 1 heterocycles. The number of nitrogens with one attached hydrogen (secondary N) is 2. The van der Waals surface area contributed by atoms with Gasteiger partial charge in [-0.15, -0.1) is 0 Å². The van der Waals surface area contributed by atoms with Crippen LogP contribution in [0.25, 0.3) is 0 Å². The van der Waals surface area contributed by atoms with E-state index in [1.165, 1.54) is 11.0 Å². The van der Waals surface area contributed by atoms with E-state index in [2.05, 4.69) is 20.7 Å². The molecule has 0 aliphatic heterocycles. The average molecular weight is 279 g/mol. The van der Waals surface area contributed by atoms with Crippen molar-refractivity contribution in [3.05, 3.63) is 35.9 Å². The lowest BCUT2D eigenvalue weighted by Crippen LogP contribution is -2.23. The Morgan fingerprint density at radius 3 is 2.70 bits per heavy atom. The minimum Gasteiger partial charge on any atom is -0.478 e. The Morgan fingerprint density at radius 2 is 2.10 bits per heavy atom. The van der Waals surface area contributed by atoms with E-state index in [9.17, 15) is 14.0 Å². The molecule has 0 saturated carbocycles. The number of hydrogen-bond donors (Lipinski definition) is 3. The van der Waals surface area contributed by atoms with Crippen molar-refractivity contribution in [3.63, 3.8) is 0 Å². The van der Waals surface area contributed by atoms with Gasteiger partial charge in [-0.2, -0.15) is 10.1 Å². The van der Waals surface area contributed by atoms with Crippen molar-refractivity contribution in [3.8, 4) is 0 Å². The number of hydrogen-bond acceptors (Lipinski definition) is 4. The van der Waals surface area contributed by atoms with Gasteiger partial charge in [-0.3, -0.25) is 5.32 Å². The van der Waals surface area contributed by atoms with Crippen LogP contribution in [0.5, 0.6) is 0 Å². The number of carboxylic acid groups (broad SMARTS) is 1. The van der Waals surface area contributed by atoms with Gasteiger partial charge in [-0.1, -0.05) is 0 Å². The van der Waals surface area contributed by atoms with Gasteiger partial charge < -0.3 is 10.4 Å². The summed E-state index contributed by atoms with van der Waals surface area (Å²) in [5.74, 6) is -1.87. The highest BCUT2D eigenvalue weighted by Gasteiger charge is 2.14. The molecule has 0 unspecified atom stereocenters. The summed E-state index contributed by atoms with van der Waals surface area (Å²) < 4.78 is 14.3. The molecule has 8 nitrogen and oxygen atoms in total. The van der Waals surface area contributed by atoms with Crippen LogP contribution in [-0.2, 0) is 7.05 Å². The number of urea groups is 1. The van der Waals surface area contributed by atoms with Gasteiger partial charge in [0.25, 0.3) is 0 Å². The minimum absolute atomic E-state index is 0.0291. The van der Waals surface area contributed by atoms with Crippen molar-refractivity contribution >= 4 is 23.6 Å². The molecule has 1 aromatic carbocycles. The third-order valence-electron chi connectivity index (χ3n) is 2.40. The first kappa shape index (κ1) is 13.5. The summed E-state index contributed by atoms with van der Waals surface area (Å²) in [4.78, 5) is 26.4. The number of rotatable bonds is 3. The molecule has 104 valence electrons. The Balaban J connectivity index is 2.16. The molecule has 0 aliphatic rings. The lowest BCUT2D eigenvalue weighted by Gasteiger charge is -2.09. The average Bonchev–Trinajstić information content (AvgIpc) is 2.77. The highest BCUT2D eigenvalue weighted by atomic mass is 19.1. The summed E-state index contributed by atoms with van der Waals surface area (Å²) in [6.45, 7) is 0. The summed E-state index contributed by atoms with van der Waals surface area (Å²) in [5.41, 5.74) is -0.378. The predicted molar refractivity (Wildman–Crippen MR) is 67.0 cm³/mol. The normalized spacial score (nSPS) is 10.1. The third-order valence-corrected chi connectivity index (χ3v) is 2.40. The fourth-order valence-corrected chi connectivity index (χ4v) is 1.47. The van der Waals surface area contributed by atoms with Gasteiger partial charge in [-0.25, -0.2) is 18.7 Å². The van der Waals surface area contributed by atoms with Crippen molar-refractivity contribution < 1.29 is 19.1 Å². The Bertz CT molecular complexity index is 670. The maximum absolute atomic E-state index is 13.0. The Labute approximate surface area is 112 Å². The van der Waals surface area contributed by atoms with E-state index in [0.29, 0.717) is 0 Å². The van der Waals surface area contributed by atoms with Crippen LogP contribution in [-0.4, -0.2) is 31.9 Å². The molecule has 0 saturated heterocycles. The molecule has 20 heavy (non-hydrogen) atoms. The summed E-state index contributed by atoms with van der Waals surface area (Å²) in [6.07, 6.45) is 1.25. The van der Waals surface area contributed by atoms with Crippen LogP contribution in [0.4, 0.5) is 20.8 Å². The smallest absolute Gasteiger partial charge is 0.337 e. The molecule has 0 atom stereocenters. The largest absolute Gasteiger partial charge is 0.478 e. The van der Waals surface area contributed by atoms with Crippen molar-refractivity contribution in [1.29, 1.82) is 0 Å². The zero-order chi connectivity index (χ0) is 14.7. The van der Waals surface area contributed by atoms with Gasteiger partial charge in [0.05, 0.1) is 11.3 Å². The number of aromatic nitrogens is 3. The second kappa shape index (κ2) is 5.34. The van der Waals surface area contributed by atoms with Crippen molar-refractivity contribution in [2.45, 2.75) is 0 Å². The van der Waals surface area contributed by atoms with Gasteiger partial charge in [0.15, 0.2) is 0 Å². The molecular formula is C11H10FN5O3. The van der Waals surface area contributed by atoms with Crippen LogP contribution >= 0.6 is 0 Å². The molecule has 0 radical (unpaired) electrons. The predicted octanol–water partition coefficient (Wildman–Crippen LogP) is 1.30. The van der Waals surface area contributed by atoms with E-state index in [-0.39, 0.29) is 17.2 Å². The number of benzene rings is 1. The molecule has 0 spiro atoms. The van der Waals surface area contributed by atoms with Crippen LogP contribution in [0.1, 0.15) is 10.4 Å². The van der Waals surface area contributed by atoms with Crippen molar-refractivity contribution in [2.24, 2.45) is 7.05 Å². The number of aromatic carboxylic acids is 1. The molecule has 9 heteroatoms. The number of anilines is 2. The van der Waals surface area contributed by atoms with E-state index in [0.717, 1.165) is 18.2 Å². The molecule has 0 aliphatic carbocycles. The maximum Gasteiger partial charge on any atom is 0.337 e.